The minimum atomic E-state index is -4.29. The van der Waals surface area contributed by atoms with Crippen molar-refractivity contribution in [2.45, 2.75) is 64.6 Å². The Hall–Kier alpha value is -3.76. The Kier molecular flexibility index (Phi) is 11.5. The van der Waals surface area contributed by atoms with Crippen LogP contribution in [0.1, 0.15) is 43.9 Å². The van der Waals surface area contributed by atoms with Gasteiger partial charge < -0.3 is 19.7 Å². The van der Waals surface area contributed by atoms with Crippen molar-refractivity contribution < 1.29 is 27.5 Å². The predicted molar refractivity (Wildman–Crippen MR) is 169 cm³/mol. The van der Waals surface area contributed by atoms with Gasteiger partial charge in [-0.2, -0.15) is 0 Å². The van der Waals surface area contributed by atoms with Gasteiger partial charge in [0.25, 0.3) is 10.0 Å². The lowest BCUT2D eigenvalue weighted by Gasteiger charge is -2.32. The summed E-state index contributed by atoms with van der Waals surface area (Å²) in [4.78, 5) is 28.7. The highest BCUT2D eigenvalue weighted by Crippen LogP contribution is 2.33. The molecule has 2 atom stereocenters. The van der Waals surface area contributed by atoms with Gasteiger partial charge in [0.15, 0.2) is 11.5 Å². The molecular weight excluding hydrogens is 590 g/mol. The molecule has 0 aliphatic rings. The molecule has 0 aromatic heterocycles. The van der Waals surface area contributed by atoms with Gasteiger partial charge in [-0.25, -0.2) is 8.42 Å². The fourth-order valence-corrected chi connectivity index (χ4v) is 6.23. The average Bonchev–Trinajstić information content (AvgIpc) is 2.96. The minimum Gasteiger partial charge on any atom is -0.493 e. The maximum absolute atomic E-state index is 14.2. The molecule has 3 rings (SSSR count). The first-order valence-electron chi connectivity index (χ1n) is 14.0. The second-order valence-electron chi connectivity index (χ2n) is 10.5. The number of methoxy groups -OCH3 is 2. The Labute approximate surface area is 259 Å². The number of amides is 2. The number of carbonyl (C=O) groups excluding carboxylic acids is 2. The zero-order valence-corrected chi connectivity index (χ0v) is 27.3. The molecule has 0 aliphatic heterocycles. The van der Waals surface area contributed by atoms with Crippen LogP contribution in [0.2, 0.25) is 5.02 Å². The van der Waals surface area contributed by atoms with E-state index >= 15 is 0 Å². The lowest BCUT2D eigenvalue weighted by atomic mass is 10.1. The monoisotopic (exact) mass is 629 g/mol. The molecule has 0 bridgehead atoms. The summed E-state index contributed by atoms with van der Waals surface area (Å²) in [6.07, 6.45) is 0.713. The third kappa shape index (κ3) is 8.42. The van der Waals surface area contributed by atoms with Gasteiger partial charge in [0.05, 0.1) is 24.8 Å². The SMILES string of the molecule is CC[C@H](C)NC(=O)[C@@H](C)N(Cc1cccc(Cl)c1)C(=O)CN(c1cc(C)cc(C)c1)S(=O)(=O)c1ccc(OC)c(OC)c1. The van der Waals surface area contributed by atoms with E-state index in [9.17, 15) is 18.0 Å². The molecule has 1 N–H and O–H groups in total. The second-order valence-corrected chi connectivity index (χ2v) is 12.8. The molecule has 0 aliphatic carbocycles. The van der Waals surface area contributed by atoms with E-state index in [2.05, 4.69) is 5.32 Å². The minimum absolute atomic E-state index is 0.0472. The summed E-state index contributed by atoms with van der Waals surface area (Å²) in [5, 5.41) is 3.41. The van der Waals surface area contributed by atoms with Crippen LogP contribution in [-0.4, -0.2) is 58.0 Å². The maximum atomic E-state index is 14.2. The molecule has 0 unspecified atom stereocenters. The largest absolute Gasteiger partial charge is 0.493 e. The van der Waals surface area contributed by atoms with Crippen LogP contribution in [0.3, 0.4) is 0 Å². The van der Waals surface area contributed by atoms with Crippen LogP contribution in [-0.2, 0) is 26.2 Å². The van der Waals surface area contributed by atoms with Gasteiger partial charge in [0.1, 0.15) is 12.6 Å². The quantitative estimate of drug-likeness (QED) is 0.268. The molecule has 3 aromatic carbocycles. The smallest absolute Gasteiger partial charge is 0.264 e. The number of sulfonamides is 1. The molecule has 232 valence electrons. The van der Waals surface area contributed by atoms with Crippen LogP contribution >= 0.6 is 11.6 Å². The third-order valence-electron chi connectivity index (χ3n) is 7.13. The van der Waals surface area contributed by atoms with Crippen LogP contribution in [0.25, 0.3) is 0 Å². The molecule has 2 amide bonds. The van der Waals surface area contributed by atoms with Gasteiger partial charge in [-0.3, -0.25) is 13.9 Å². The van der Waals surface area contributed by atoms with Crippen molar-refractivity contribution in [1.82, 2.24) is 10.2 Å². The first-order valence-corrected chi connectivity index (χ1v) is 15.8. The number of hydrogen-bond donors (Lipinski definition) is 1. The Morgan fingerprint density at radius 2 is 1.58 bits per heavy atom. The summed E-state index contributed by atoms with van der Waals surface area (Å²) in [5.74, 6) is -0.307. The van der Waals surface area contributed by atoms with Gasteiger partial charge in [-0.1, -0.05) is 36.7 Å². The van der Waals surface area contributed by atoms with E-state index in [4.69, 9.17) is 21.1 Å². The number of rotatable bonds is 13. The average molecular weight is 630 g/mol. The highest BCUT2D eigenvalue weighted by molar-refractivity contribution is 7.92. The maximum Gasteiger partial charge on any atom is 0.264 e. The Balaban J connectivity index is 2.11. The molecule has 0 heterocycles. The van der Waals surface area contributed by atoms with Crippen molar-refractivity contribution in [2.24, 2.45) is 0 Å². The van der Waals surface area contributed by atoms with Crippen LogP contribution in [0.5, 0.6) is 11.5 Å². The molecule has 43 heavy (non-hydrogen) atoms. The second kappa shape index (κ2) is 14.6. The van der Waals surface area contributed by atoms with E-state index in [1.807, 2.05) is 33.8 Å². The first kappa shape index (κ1) is 33.7. The number of carbonyl (C=O) groups is 2. The van der Waals surface area contributed by atoms with E-state index in [0.717, 1.165) is 15.4 Å². The molecular formula is C32H40ClN3O6S. The number of hydrogen-bond acceptors (Lipinski definition) is 6. The van der Waals surface area contributed by atoms with Crippen molar-refractivity contribution in [3.63, 3.8) is 0 Å². The first-order chi connectivity index (χ1) is 20.3. The molecule has 9 nitrogen and oxygen atoms in total. The summed E-state index contributed by atoms with van der Waals surface area (Å²) in [5.41, 5.74) is 2.67. The van der Waals surface area contributed by atoms with E-state index in [0.29, 0.717) is 28.4 Å². The lowest BCUT2D eigenvalue weighted by Crippen LogP contribution is -2.52. The van der Waals surface area contributed by atoms with Crippen LogP contribution < -0.4 is 19.1 Å². The van der Waals surface area contributed by atoms with Gasteiger partial charge in [0, 0.05) is 23.7 Å². The summed E-state index contributed by atoms with van der Waals surface area (Å²) >= 11 is 6.22. The molecule has 0 saturated carbocycles. The van der Waals surface area contributed by atoms with E-state index in [-0.39, 0.29) is 29.1 Å². The van der Waals surface area contributed by atoms with Crippen LogP contribution in [0.4, 0.5) is 5.69 Å². The number of nitrogens with zero attached hydrogens (tertiary/aromatic N) is 2. The van der Waals surface area contributed by atoms with Crippen LogP contribution in [0, 0.1) is 13.8 Å². The Bertz CT molecular complexity index is 1540. The van der Waals surface area contributed by atoms with Gasteiger partial charge in [-0.05, 0) is 87.2 Å². The number of ether oxygens (including phenoxy) is 2. The molecule has 0 radical (unpaired) electrons. The Morgan fingerprint density at radius 3 is 2.16 bits per heavy atom. The van der Waals surface area contributed by atoms with E-state index in [1.165, 1.54) is 37.3 Å². The Morgan fingerprint density at radius 1 is 0.930 bits per heavy atom. The fraction of sp³-hybridized carbons (Fsp3) is 0.375. The zero-order valence-electron chi connectivity index (χ0n) is 25.7. The van der Waals surface area contributed by atoms with Crippen molar-refractivity contribution in [2.75, 3.05) is 25.1 Å². The predicted octanol–water partition coefficient (Wildman–Crippen LogP) is 5.50. The van der Waals surface area contributed by atoms with Gasteiger partial charge in [-0.15, -0.1) is 0 Å². The highest BCUT2D eigenvalue weighted by atomic mass is 35.5. The van der Waals surface area contributed by atoms with Gasteiger partial charge in [0.2, 0.25) is 11.8 Å². The summed E-state index contributed by atoms with van der Waals surface area (Å²) in [6, 6.07) is 15.6. The molecule has 0 saturated heterocycles. The zero-order chi connectivity index (χ0) is 31.9. The molecule has 0 fully saturated rings. The molecule has 0 spiro atoms. The van der Waals surface area contributed by atoms with Gasteiger partial charge >= 0.3 is 0 Å². The molecule has 11 heteroatoms. The molecule has 3 aromatic rings. The summed E-state index contributed by atoms with van der Waals surface area (Å²) in [7, 11) is -1.42. The van der Waals surface area contributed by atoms with E-state index < -0.39 is 28.5 Å². The number of benzene rings is 3. The van der Waals surface area contributed by atoms with Crippen molar-refractivity contribution in [1.29, 1.82) is 0 Å². The number of halogens is 1. The normalized spacial score (nSPS) is 12.7. The number of aryl methyl sites for hydroxylation is 2. The standard InChI is InChI=1S/C32H40ClN3O6S/c1-8-23(4)34-32(38)24(5)35(19-25-10-9-11-26(33)17-25)31(37)20-36(27-15-21(2)14-22(3)16-27)43(39,40)28-12-13-29(41-6)30(18-28)42-7/h9-18,23-24H,8,19-20H2,1-7H3,(H,34,38)/t23-,24+/m0/s1. The van der Waals surface area contributed by atoms with Crippen molar-refractivity contribution in [3.05, 3.63) is 82.4 Å². The number of anilines is 1. The lowest BCUT2D eigenvalue weighted by molar-refractivity contribution is -0.139. The fourth-order valence-electron chi connectivity index (χ4n) is 4.61. The summed E-state index contributed by atoms with van der Waals surface area (Å²) in [6.45, 7) is 8.66. The van der Waals surface area contributed by atoms with E-state index in [1.54, 1.807) is 43.3 Å². The number of nitrogens with one attached hydrogen (secondary N) is 1. The third-order valence-corrected chi connectivity index (χ3v) is 9.13. The van der Waals surface area contributed by atoms with Crippen molar-refractivity contribution in [3.8, 4) is 11.5 Å². The topological polar surface area (TPSA) is 105 Å². The highest BCUT2D eigenvalue weighted by Gasteiger charge is 2.33. The summed E-state index contributed by atoms with van der Waals surface area (Å²) < 4.78 is 40.2. The van der Waals surface area contributed by atoms with Crippen molar-refractivity contribution >= 4 is 39.1 Å². The van der Waals surface area contributed by atoms with Crippen LogP contribution in [0.15, 0.2) is 65.6 Å².